The second-order valence-corrected chi connectivity index (χ2v) is 6.63. The van der Waals surface area contributed by atoms with E-state index in [4.69, 9.17) is 14.4 Å². The molecule has 5 nitrogen and oxygen atoms in total. The average Bonchev–Trinajstić information content (AvgIpc) is 3.00. The molecular weight excluding hydrogens is 328 g/mol. The summed E-state index contributed by atoms with van der Waals surface area (Å²) in [7, 11) is 1.96. The second-order valence-electron chi connectivity index (χ2n) is 6.63. The average molecular weight is 360 g/mol. The van der Waals surface area contributed by atoms with Gasteiger partial charge in [-0.3, -0.25) is 0 Å². The molecule has 0 unspecified atom stereocenters. The number of carbonyl (C=O) groups is 1. The predicted octanol–water partition coefficient (Wildman–Crippen LogP) is 4.41. The van der Waals surface area contributed by atoms with Gasteiger partial charge in [0, 0.05) is 12.6 Å². The van der Waals surface area contributed by atoms with E-state index in [1.54, 1.807) is 0 Å². The van der Waals surface area contributed by atoms with Gasteiger partial charge >= 0.3 is 0 Å². The summed E-state index contributed by atoms with van der Waals surface area (Å²) < 4.78 is 5.48. The molecule has 0 aromatic carbocycles. The topological polar surface area (TPSA) is 51.1 Å². The predicted molar refractivity (Wildman–Crippen MR) is 109 cm³/mol. The van der Waals surface area contributed by atoms with Gasteiger partial charge in [-0.05, 0) is 27.2 Å². The molecule has 0 fully saturated rings. The molecule has 0 atom stereocenters. The Kier molecular flexibility index (Phi) is 11.7. The number of amidine groups is 1. The van der Waals surface area contributed by atoms with Crippen LogP contribution < -0.4 is 0 Å². The van der Waals surface area contributed by atoms with E-state index in [1.807, 2.05) is 61.3 Å². The molecule has 0 saturated heterocycles. The van der Waals surface area contributed by atoms with E-state index in [1.165, 1.54) is 0 Å². The van der Waals surface area contributed by atoms with Crippen molar-refractivity contribution in [2.24, 2.45) is 5.16 Å². The van der Waals surface area contributed by atoms with E-state index in [-0.39, 0.29) is 5.60 Å². The first-order chi connectivity index (χ1) is 12.3. The smallest absolute Gasteiger partial charge is 0.190 e. The third kappa shape index (κ3) is 10.5. The fraction of sp³-hybridized carbons (Fsp3) is 0.429. The highest BCUT2D eigenvalue weighted by atomic mass is 16.7. The van der Waals surface area contributed by atoms with E-state index in [2.05, 4.69) is 39.4 Å². The first-order valence-corrected chi connectivity index (χ1v) is 8.56. The van der Waals surface area contributed by atoms with Gasteiger partial charge in [-0.2, -0.15) is 0 Å². The summed E-state index contributed by atoms with van der Waals surface area (Å²) in [6.07, 6.45) is 15.0. The summed E-state index contributed by atoms with van der Waals surface area (Å²) in [6, 6.07) is 0. The molecule has 26 heavy (non-hydrogen) atoms. The lowest BCUT2D eigenvalue weighted by Crippen LogP contribution is -2.23. The molecule has 2 rings (SSSR count). The maximum Gasteiger partial charge on any atom is 0.190 e. The number of rotatable bonds is 4. The molecule has 0 aromatic heterocycles. The lowest BCUT2D eigenvalue weighted by Gasteiger charge is -2.19. The molecule has 0 bridgehead atoms. The number of carbonyl (C=O) groups excluding carboxylic acids is 1. The molecule has 1 aliphatic heterocycles. The lowest BCUT2D eigenvalue weighted by molar-refractivity contribution is -0.0980. The van der Waals surface area contributed by atoms with E-state index in [0.29, 0.717) is 13.3 Å². The third-order valence-corrected chi connectivity index (χ3v) is 3.23. The molecule has 1 heterocycles. The Balaban J connectivity index is 0.000000464. The molecule has 0 saturated carbocycles. The van der Waals surface area contributed by atoms with Crippen LogP contribution in [0.4, 0.5) is 0 Å². The maximum absolute atomic E-state index is 8.00. The monoisotopic (exact) mass is 360 g/mol. The molecule has 0 spiro atoms. The van der Waals surface area contributed by atoms with Gasteiger partial charge in [0.2, 0.25) is 0 Å². The molecule has 1 aliphatic carbocycles. The van der Waals surface area contributed by atoms with Gasteiger partial charge in [0.15, 0.2) is 12.6 Å². The normalized spacial score (nSPS) is 21.0. The summed E-state index contributed by atoms with van der Waals surface area (Å²) in [5, 5.41) is 3.98. The van der Waals surface area contributed by atoms with Crippen LogP contribution in [0.3, 0.4) is 0 Å². The van der Waals surface area contributed by atoms with Gasteiger partial charge in [0.05, 0.1) is 12.2 Å². The van der Waals surface area contributed by atoms with Crippen molar-refractivity contribution >= 4 is 12.6 Å². The molecule has 0 amide bonds. The fourth-order valence-electron chi connectivity index (χ4n) is 1.72. The van der Waals surface area contributed by atoms with Crippen LogP contribution in [0.2, 0.25) is 0 Å². The van der Waals surface area contributed by atoms with Crippen molar-refractivity contribution in [1.82, 2.24) is 4.90 Å². The van der Waals surface area contributed by atoms with Crippen molar-refractivity contribution in [2.75, 3.05) is 20.4 Å². The Labute approximate surface area is 158 Å². The van der Waals surface area contributed by atoms with Crippen molar-refractivity contribution in [1.29, 1.82) is 0 Å². The highest BCUT2D eigenvalue weighted by Gasteiger charge is 2.16. The number of oxime groups is 1. The molecule has 144 valence electrons. The van der Waals surface area contributed by atoms with Crippen LogP contribution in [-0.2, 0) is 14.4 Å². The van der Waals surface area contributed by atoms with Crippen LogP contribution in [0.1, 0.15) is 34.1 Å². The lowest BCUT2D eigenvalue weighted by atomic mass is 10.1. The Morgan fingerprint density at radius 1 is 1.23 bits per heavy atom. The van der Waals surface area contributed by atoms with Crippen molar-refractivity contribution in [2.45, 2.75) is 39.7 Å². The number of ether oxygens (including phenoxy) is 1. The van der Waals surface area contributed by atoms with Gasteiger partial charge in [0.1, 0.15) is 6.79 Å². The number of hydrogen-bond donors (Lipinski definition) is 0. The molecule has 0 radical (unpaired) electrons. The number of nitrogens with zero attached hydrogens (tertiary/aromatic N) is 2. The van der Waals surface area contributed by atoms with Gasteiger partial charge < -0.3 is 19.3 Å². The zero-order valence-corrected chi connectivity index (χ0v) is 16.7. The Bertz CT molecular complexity index is 579. The van der Waals surface area contributed by atoms with E-state index in [9.17, 15) is 0 Å². The van der Waals surface area contributed by atoms with Crippen molar-refractivity contribution in [3.8, 4) is 0 Å². The molecule has 0 N–H and O–H groups in total. The van der Waals surface area contributed by atoms with Crippen LogP contribution in [0.25, 0.3) is 0 Å². The quantitative estimate of drug-likeness (QED) is 0.697. The van der Waals surface area contributed by atoms with Crippen molar-refractivity contribution in [3.05, 3.63) is 60.3 Å². The second kappa shape index (κ2) is 12.9. The van der Waals surface area contributed by atoms with Gasteiger partial charge in [-0.15, -0.1) is 0 Å². The Hall–Kier alpha value is -2.40. The van der Waals surface area contributed by atoms with Gasteiger partial charge in [0.25, 0.3) is 0 Å². The molecule has 2 aliphatic rings. The fourth-order valence-corrected chi connectivity index (χ4v) is 1.72. The van der Waals surface area contributed by atoms with Crippen molar-refractivity contribution < 1.29 is 14.4 Å². The van der Waals surface area contributed by atoms with E-state index < -0.39 is 0 Å². The SMILES string of the molecule is C=C(CC)COC(C)(C)C.C=O.CN1CON=C1C1=C/C=C\C=C/C=C\1. The summed E-state index contributed by atoms with van der Waals surface area (Å²) in [5.74, 6) is 0.876. The molecule has 0 aromatic rings. The van der Waals surface area contributed by atoms with Gasteiger partial charge in [-0.1, -0.05) is 66.8 Å². The largest absolute Gasteiger partial charge is 0.372 e. The zero-order chi connectivity index (χ0) is 20.0. The van der Waals surface area contributed by atoms with Crippen LogP contribution in [0, 0.1) is 0 Å². The summed E-state index contributed by atoms with van der Waals surface area (Å²) >= 11 is 0. The maximum atomic E-state index is 8.00. The van der Waals surface area contributed by atoms with Crippen LogP contribution in [0.15, 0.2) is 65.4 Å². The van der Waals surface area contributed by atoms with E-state index >= 15 is 0 Å². The molecule has 5 heteroatoms. The first-order valence-electron chi connectivity index (χ1n) is 8.56. The zero-order valence-electron chi connectivity index (χ0n) is 16.7. The summed E-state index contributed by atoms with van der Waals surface area (Å²) in [4.78, 5) is 15.0. The minimum atomic E-state index is -0.0297. The first kappa shape index (κ1) is 23.6. The van der Waals surface area contributed by atoms with E-state index in [0.717, 1.165) is 23.4 Å². The van der Waals surface area contributed by atoms with Crippen molar-refractivity contribution in [3.63, 3.8) is 0 Å². The van der Waals surface area contributed by atoms with Gasteiger partial charge in [-0.25, -0.2) is 0 Å². The number of allylic oxidation sites excluding steroid dienone is 6. The summed E-state index contributed by atoms with van der Waals surface area (Å²) in [5.41, 5.74) is 2.19. The third-order valence-electron chi connectivity index (χ3n) is 3.23. The molecular formula is C21H32N2O3. The summed E-state index contributed by atoms with van der Waals surface area (Å²) in [6.45, 7) is 15.3. The minimum absolute atomic E-state index is 0.0297. The van der Waals surface area contributed by atoms with Crippen LogP contribution in [-0.4, -0.2) is 43.5 Å². The minimum Gasteiger partial charge on any atom is -0.372 e. The number of hydrogen-bond acceptors (Lipinski definition) is 5. The van der Waals surface area contributed by atoms with Crippen LogP contribution in [0.5, 0.6) is 0 Å². The number of likely N-dealkylation sites (N-methyl/N-ethyl adjacent to an activating group) is 1. The standard InChI is InChI=1S/C11H12N2O.C9H18O.CH2O/c1-13-9-14-12-11(13)10-7-5-3-2-4-6-8-10;1-6-8(2)7-10-9(3,4)5;1-2/h2-8H,9H2,1H3;2,6-7H2,1,3-5H3;1H2/b3-2-,4-2?,5-3?,6-4-,7-5-,8-6?,10-7?,10-8+;;. The Morgan fingerprint density at radius 2 is 1.85 bits per heavy atom. The van der Waals surface area contributed by atoms with Crippen LogP contribution >= 0.6 is 0 Å². The Morgan fingerprint density at radius 3 is 2.38 bits per heavy atom. The highest BCUT2D eigenvalue weighted by molar-refractivity contribution is 6.01. The highest BCUT2D eigenvalue weighted by Crippen LogP contribution is 2.12.